The number of nitrogens with zero attached hydrogens (tertiary/aromatic N) is 1. The number of carbonyl (C=O) groups excluding carboxylic acids is 1. The number of sulfone groups is 1. The minimum absolute atomic E-state index is 0.0229. The van der Waals surface area contributed by atoms with Crippen molar-refractivity contribution in [2.24, 2.45) is 0 Å². The van der Waals surface area contributed by atoms with Crippen molar-refractivity contribution in [2.45, 2.75) is 50.3 Å². The Labute approximate surface area is 137 Å². The molecule has 1 aromatic heterocycles. The van der Waals surface area contributed by atoms with E-state index in [0.717, 1.165) is 30.6 Å². The van der Waals surface area contributed by atoms with E-state index in [1.54, 1.807) is 25.0 Å². The normalized spacial score (nSPS) is 26.2. The van der Waals surface area contributed by atoms with Crippen molar-refractivity contribution in [3.05, 3.63) is 23.7 Å². The second-order valence-corrected chi connectivity index (χ2v) is 9.75. The molecule has 0 radical (unpaired) electrons. The molecule has 1 aromatic rings. The number of urea groups is 1. The first-order valence-corrected chi connectivity index (χ1v) is 9.79. The van der Waals surface area contributed by atoms with E-state index in [0.29, 0.717) is 13.0 Å². The molecule has 6 nitrogen and oxygen atoms in total. The van der Waals surface area contributed by atoms with E-state index in [9.17, 15) is 13.2 Å². The molecule has 23 heavy (non-hydrogen) atoms. The second-order valence-electron chi connectivity index (χ2n) is 7.01. The zero-order chi connectivity index (χ0) is 16.7. The predicted molar refractivity (Wildman–Crippen MR) is 87.0 cm³/mol. The topological polar surface area (TPSA) is 79.6 Å². The van der Waals surface area contributed by atoms with Gasteiger partial charge in [-0.05, 0) is 39.2 Å². The molecule has 1 atom stereocenters. The van der Waals surface area contributed by atoms with Crippen molar-refractivity contribution < 1.29 is 17.6 Å². The van der Waals surface area contributed by atoms with E-state index in [2.05, 4.69) is 5.32 Å². The number of nitrogens with one attached hydrogen (secondary N) is 1. The SMILES string of the molecule is CC1(C)CCN(C(=O)N[C@H]2CCCc3occc32)CCS1(=O)=O. The van der Waals surface area contributed by atoms with Crippen LogP contribution in [-0.2, 0) is 16.3 Å². The van der Waals surface area contributed by atoms with Gasteiger partial charge in [-0.3, -0.25) is 0 Å². The zero-order valence-electron chi connectivity index (χ0n) is 13.7. The first kappa shape index (κ1) is 16.4. The lowest BCUT2D eigenvalue weighted by Crippen LogP contribution is -2.43. The molecule has 0 spiro atoms. The van der Waals surface area contributed by atoms with Crippen molar-refractivity contribution in [2.75, 3.05) is 18.8 Å². The molecule has 1 fully saturated rings. The van der Waals surface area contributed by atoms with Crippen molar-refractivity contribution in [1.29, 1.82) is 0 Å². The molecule has 7 heteroatoms. The number of fused-ring (bicyclic) bond motifs is 1. The lowest BCUT2D eigenvalue weighted by molar-refractivity contribution is 0.194. The summed E-state index contributed by atoms with van der Waals surface area (Å²) in [5.41, 5.74) is 1.05. The van der Waals surface area contributed by atoms with Gasteiger partial charge in [-0.15, -0.1) is 0 Å². The largest absolute Gasteiger partial charge is 0.469 e. The van der Waals surface area contributed by atoms with Crippen molar-refractivity contribution in [3.8, 4) is 0 Å². The van der Waals surface area contributed by atoms with Gasteiger partial charge in [0.15, 0.2) is 9.84 Å². The molecule has 2 aliphatic rings. The Hall–Kier alpha value is -1.50. The lowest BCUT2D eigenvalue weighted by atomic mass is 9.93. The summed E-state index contributed by atoms with van der Waals surface area (Å²) in [5, 5.41) is 3.05. The van der Waals surface area contributed by atoms with E-state index >= 15 is 0 Å². The summed E-state index contributed by atoms with van der Waals surface area (Å²) in [6.45, 7) is 4.19. The molecular weight excluding hydrogens is 316 g/mol. The van der Waals surface area contributed by atoms with Crippen molar-refractivity contribution in [1.82, 2.24) is 10.2 Å². The molecule has 0 aromatic carbocycles. The average Bonchev–Trinajstić information content (AvgIpc) is 2.92. The Kier molecular flexibility index (Phi) is 4.16. The fourth-order valence-corrected chi connectivity index (χ4v) is 4.67. The Bertz CT molecular complexity index is 693. The first-order chi connectivity index (χ1) is 10.8. The van der Waals surface area contributed by atoms with Crippen LogP contribution in [0.4, 0.5) is 4.79 Å². The van der Waals surface area contributed by atoms with Gasteiger partial charge in [0.05, 0.1) is 22.8 Å². The maximum Gasteiger partial charge on any atom is 0.317 e. The summed E-state index contributed by atoms with van der Waals surface area (Å²) in [6, 6.07) is 1.69. The smallest absolute Gasteiger partial charge is 0.317 e. The van der Waals surface area contributed by atoms with Crippen LogP contribution < -0.4 is 5.32 Å². The number of aryl methyl sites for hydroxylation is 1. The summed E-state index contributed by atoms with van der Waals surface area (Å²) in [7, 11) is -3.17. The number of amides is 2. The molecule has 1 saturated heterocycles. The monoisotopic (exact) mass is 340 g/mol. The minimum atomic E-state index is -3.17. The Morgan fingerprint density at radius 3 is 2.96 bits per heavy atom. The van der Waals surface area contributed by atoms with E-state index in [1.165, 1.54) is 0 Å². The van der Waals surface area contributed by atoms with Gasteiger partial charge in [0.1, 0.15) is 5.76 Å². The number of hydrogen-bond acceptors (Lipinski definition) is 4. The predicted octanol–water partition coefficient (Wildman–Crippen LogP) is 2.27. The van der Waals surface area contributed by atoms with Crippen molar-refractivity contribution in [3.63, 3.8) is 0 Å². The van der Waals surface area contributed by atoms with Crippen LogP contribution in [0.3, 0.4) is 0 Å². The maximum absolute atomic E-state index is 12.6. The van der Waals surface area contributed by atoms with Gasteiger partial charge in [-0.25, -0.2) is 13.2 Å². The van der Waals surface area contributed by atoms with Crippen LogP contribution in [0, 0.1) is 0 Å². The summed E-state index contributed by atoms with van der Waals surface area (Å²) in [5.74, 6) is 0.968. The number of carbonyl (C=O) groups is 1. The van der Waals surface area contributed by atoms with Crippen LogP contribution >= 0.6 is 0 Å². The van der Waals surface area contributed by atoms with E-state index < -0.39 is 14.6 Å². The highest BCUT2D eigenvalue weighted by Gasteiger charge is 2.38. The molecular formula is C16H24N2O4S. The van der Waals surface area contributed by atoms with Gasteiger partial charge < -0.3 is 14.6 Å². The fourth-order valence-electron chi connectivity index (χ4n) is 3.26. The van der Waals surface area contributed by atoms with E-state index in [4.69, 9.17) is 4.42 Å². The van der Waals surface area contributed by atoms with Gasteiger partial charge in [-0.1, -0.05) is 0 Å². The third-order valence-electron chi connectivity index (χ3n) is 5.09. The lowest BCUT2D eigenvalue weighted by Gasteiger charge is -2.27. The van der Waals surface area contributed by atoms with E-state index in [1.807, 2.05) is 6.07 Å². The highest BCUT2D eigenvalue weighted by Crippen LogP contribution is 2.31. The number of hydrogen-bond donors (Lipinski definition) is 1. The Morgan fingerprint density at radius 2 is 2.17 bits per heavy atom. The van der Waals surface area contributed by atoms with Gasteiger partial charge in [-0.2, -0.15) is 0 Å². The second kappa shape index (κ2) is 5.85. The third-order valence-corrected chi connectivity index (χ3v) is 7.70. The molecule has 1 N–H and O–H groups in total. The van der Waals surface area contributed by atoms with Crippen LogP contribution in [0.25, 0.3) is 0 Å². The molecule has 2 amide bonds. The van der Waals surface area contributed by atoms with Crippen LogP contribution in [0.15, 0.2) is 16.7 Å². The molecule has 0 saturated carbocycles. The minimum Gasteiger partial charge on any atom is -0.469 e. The summed E-state index contributed by atoms with van der Waals surface area (Å²) in [4.78, 5) is 14.2. The summed E-state index contributed by atoms with van der Waals surface area (Å²) < 4.78 is 29.1. The molecule has 3 rings (SSSR count). The van der Waals surface area contributed by atoms with Gasteiger partial charge in [0, 0.05) is 25.1 Å². The van der Waals surface area contributed by atoms with Crippen LogP contribution in [0.1, 0.15) is 50.5 Å². The van der Waals surface area contributed by atoms with Crippen molar-refractivity contribution >= 4 is 15.9 Å². The average molecular weight is 340 g/mol. The molecule has 0 unspecified atom stereocenters. The fraction of sp³-hybridized carbons (Fsp3) is 0.688. The van der Waals surface area contributed by atoms with Gasteiger partial charge in [0.2, 0.25) is 0 Å². The van der Waals surface area contributed by atoms with Crippen LogP contribution in [0.2, 0.25) is 0 Å². The Balaban J connectivity index is 1.68. The maximum atomic E-state index is 12.6. The summed E-state index contributed by atoms with van der Waals surface area (Å²) >= 11 is 0. The van der Waals surface area contributed by atoms with Crippen LogP contribution in [0.5, 0.6) is 0 Å². The third kappa shape index (κ3) is 3.11. The molecule has 2 heterocycles. The standard InChI is InChI=1S/C16H24N2O4S/c1-16(2)7-8-18(9-11-23(16,20)21)15(19)17-13-4-3-5-14-12(13)6-10-22-14/h6,10,13H,3-5,7-9,11H2,1-2H3,(H,17,19)/t13-/m0/s1. The van der Waals surface area contributed by atoms with E-state index in [-0.39, 0.29) is 24.4 Å². The first-order valence-electron chi connectivity index (χ1n) is 8.14. The highest BCUT2D eigenvalue weighted by atomic mass is 32.2. The highest BCUT2D eigenvalue weighted by molar-refractivity contribution is 7.92. The quantitative estimate of drug-likeness (QED) is 0.850. The number of furan rings is 1. The molecule has 1 aliphatic carbocycles. The van der Waals surface area contributed by atoms with Gasteiger partial charge in [0.25, 0.3) is 0 Å². The number of rotatable bonds is 1. The molecule has 0 bridgehead atoms. The molecule has 1 aliphatic heterocycles. The Morgan fingerprint density at radius 1 is 1.39 bits per heavy atom. The molecule has 128 valence electrons. The summed E-state index contributed by atoms with van der Waals surface area (Å²) in [6.07, 6.45) is 4.90. The van der Waals surface area contributed by atoms with Crippen LogP contribution in [-0.4, -0.2) is 42.9 Å². The van der Waals surface area contributed by atoms with Gasteiger partial charge >= 0.3 is 6.03 Å². The zero-order valence-corrected chi connectivity index (χ0v) is 14.5.